The second-order valence-electron chi connectivity index (χ2n) is 4.86. The number of hydrogen-bond acceptors (Lipinski definition) is 5. The average molecular weight is 272 g/mol. The Morgan fingerprint density at radius 2 is 1.90 bits per heavy atom. The van der Waals surface area contributed by atoms with Crippen molar-refractivity contribution >= 4 is 11.6 Å². The summed E-state index contributed by atoms with van der Waals surface area (Å²) in [5, 5.41) is 3.17. The number of aryl methyl sites for hydroxylation is 1. The molecule has 106 valence electrons. The summed E-state index contributed by atoms with van der Waals surface area (Å²) in [5.41, 5.74) is 8.44. The van der Waals surface area contributed by atoms with Gasteiger partial charge in [0, 0.05) is 24.0 Å². The Hall–Kier alpha value is -2.14. The van der Waals surface area contributed by atoms with Crippen LogP contribution in [-0.4, -0.2) is 16.1 Å². The minimum absolute atomic E-state index is 0.0842. The Labute approximate surface area is 119 Å². The van der Waals surface area contributed by atoms with E-state index >= 15 is 0 Å². The van der Waals surface area contributed by atoms with E-state index in [2.05, 4.69) is 15.3 Å². The monoisotopic (exact) mass is 272 g/mol. The number of aromatic nitrogens is 2. The lowest BCUT2D eigenvalue weighted by Crippen LogP contribution is -2.09. The Morgan fingerprint density at radius 1 is 1.20 bits per heavy atom. The van der Waals surface area contributed by atoms with Gasteiger partial charge in [0.1, 0.15) is 0 Å². The van der Waals surface area contributed by atoms with Crippen molar-refractivity contribution in [2.45, 2.75) is 33.4 Å². The van der Waals surface area contributed by atoms with Gasteiger partial charge in [0.2, 0.25) is 11.8 Å². The van der Waals surface area contributed by atoms with Gasteiger partial charge in [-0.1, -0.05) is 12.1 Å². The van der Waals surface area contributed by atoms with Crippen LogP contribution in [0.4, 0.5) is 11.6 Å². The van der Waals surface area contributed by atoms with E-state index in [1.807, 2.05) is 51.1 Å². The predicted octanol–water partition coefficient (Wildman–Crippen LogP) is 2.77. The molecule has 0 aliphatic rings. The fourth-order valence-electron chi connectivity index (χ4n) is 1.75. The molecule has 0 spiro atoms. The van der Waals surface area contributed by atoms with Gasteiger partial charge >= 0.3 is 0 Å². The summed E-state index contributed by atoms with van der Waals surface area (Å²) in [4.78, 5) is 8.69. The van der Waals surface area contributed by atoms with Crippen LogP contribution in [0.25, 0.3) is 0 Å². The lowest BCUT2D eigenvalue weighted by Gasteiger charge is -2.11. The number of nitrogens with one attached hydrogen (secondary N) is 1. The van der Waals surface area contributed by atoms with Gasteiger partial charge < -0.3 is 15.8 Å². The molecule has 2 rings (SSSR count). The quantitative estimate of drug-likeness (QED) is 0.875. The van der Waals surface area contributed by atoms with Gasteiger partial charge in [-0.05, 0) is 38.5 Å². The smallest absolute Gasteiger partial charge is 0.230 e. The number of nitrogens with two attached hydrogens (primary N) is 1. The number of ether oxygens (including phenoxy) is 1. The van der Waals surface area contributed by atoms with E-state index < -0.39 is 0 Å². The molecular weight excluding hydrogens is 252 g/mol. The zero-order chi connectivity index (χ0) is 14.5. The number of rotatable bonds is 5. The predicted molar refractivity (Wildman–Crippen MR) is 80.1 cm³/mol. The first-order valence-corrected chi connectivity index (χ1v) is 6.65. The summed E-state index contributed by atoms with van der Waals surface area (Å²) in [6, 6.07) is 9.68. The van der Waals surface area contributed by atoms with Crippen molar-refractivity contribution in [1.82, 2.24) is 9.97 Å². The number of hydrogen-bond donors (Lipinski definition) is 2. The average Bonchev–Trinajstić information content (AvgIpc) is 2.38. The summed E-state index contributed by atoms with van der Waals surface area (Å²) in [6.07, 6.45) is 0.0842. The molecule has 0 amide bonds. The molecule has 0 saturated heterocycles. The third kappa shape index (κ3) is 3.93. The molecule has 0 bridgehead atoms. The van der Waals surface area contributed by atoms with Crippen molar-refractivity contribution < 1.29 is 4.74 Å². The van der Waals surface area contributed by atoms with Gasteiger partial charge in [-0.3, -0.25) is 0 Å². The summed E-state index contributed by atoms with van der Waals surface area (Å²) in [6.45, 7) is 6.39. The van der Waals surface area contributed by atoms with Gasteiger partial charge in [-0.25, -0.2) is 4.98 Å². The molecule has 0 fully saturated rings. The van der Waals surface area contributed by atoms with E-state index in [-0.39, 0.29) is 6.10 Å². The van der Waals surface area contributed by atoms with Crippen LogP contribution in [0.15, 0.2) is 30.3 Å². The highest BCUT2D eigenvalue weighted by Gasteiger charge is 2.05. The van der Waals surface area contributed by atoms with Crippen LogP contribution in [-0.2, 0) is 6.54 Å². The van der Waals surface area contributed by atoms with Crippen LogP contribution in [0, 0.1) is 6.92 Å². The lowest BCUT2D eigenvalue weighted by atomic mass is 10.2. The summed E-state index contributed by atoms with van der Waals surface area (Å²) in [7, 11) is 0. The summed E-state index contributed by atoms with van der Waals surface area (Å²) in [5.74, 6) is 1.11. The van der Waals surface area contributed by atoms with Gasteiger partial charge in [0.05, 0.1) is 6.10 Å². The minimum atomic E-state index is 0.0842. The molecule has 5 nitrogen and oxygen atoms in total. The fraction of sp³-hybridized carbons (Fsp3) is 0.333. The molecule has 3 N–H and O–H groups in total. The first-order valence-electron chi connectivity index (χ1n) is 6.65. The second kappa shape index (κ2) is 6.34. The SMILES string of the molecule is Cc1cc(OC(C)C)nc(Nc2ccc(CN)cc2)n1. The topological polar surface area (TPSA) is 73.1 Å². The maximum atomic E-state index is 5.60. The number of nitrogens with zero attached hydrogens (tertiary/aromatic N) is 2. The van der Waals surface area contributed by atoms with Crippen molar-refractivity contribution in [3.8, 4) is 5.88 Å². The minimum Gasteiger partial charge on any atom is -0.475 e. The van der Waals surface area contributed by atoms with Crippen molar-refractivity contribution in [3.05, 3.63) is 41.6 Å². The van der Waals surface area contributed by atoms with E-state index in [1.54, 1.807) is 0 Å². The van der Waals surface area contributed by atoms with Crippen LogP contribution < -0.4 is 15.8 Å². The Balaban J connectivity index is 2.17. The molecule has 0 radical (unpaired) electrons. The van der Waals surface area contributed by atoms with E-state index in [4.69, 9.17) is 10.5 Å². The van der Waals surface area contributed by atoms with E-state index in [1.165, 1.54) is 0 Å². The molecule has 0 aliphatic carbocycles. The van der Waals surface area contributed by atoms with E-state index in [0.717, 1.165) is 16.9 Å². The van der Waals surface area contributed by atoms with Crippen LogP contribution in [0.1, 0.15) is 25.1 Å². The van der Waals surface area contributed by atoms with Gasteiger partial charge in [0.15, 0.2) is 0 Å². The Kier molecular flexibility index (Phi) is 4.53. The summed E-state index contributed by atoms with van der Waals surface area (Å²) >= 11 is 0. The molecule has 2 aromatic rings. The third-order valence-electron chi connectivity index (χ3n) is 2.63. The van der Waals surface area contributed by atoms with Crippen LogP contribution in [0.5, 0.6) is 5.88 Å². The van der Waals surface area contributed by atoms with Gasteiger partial charge in [0.25, 0.3) is 0 Å². The maximum Gasteiger partial charge on any atom is 0.230 e. The van der Waals surface area contributed by atoms with Gasteiger partial charge in [-0.2, -0.15) is 4.98 Å². The molecule has 1 aromatic carbocycles. The molecule has 5 heteroatoms. The first-order chi connectivity index (χ1) is 9.56. The van der Waals surface area contributed by atoms with E-state index in [0.29, 0.717) is 18.4 Å². The zero-order valence-corrected chi connectivity index (χ0v) is 12.1. The van der Waals surface area contributed by atoms with Crippen molar-refractivity contribution in [1.29, 1.82) is 0 Å². The Bertz CT molecular complexity index is 567. The van der Waals surface area contributed by atoms with E-state index in [9.17, 15) is 0 Å². The van der Waals surface area contributed by atoms with Crippen molar-refractivity contribution in [2.75, 3.05) is 5.32 Å². The lowest BCUT2D eigenvalue weighted by molar-refractivity contribution is 0.232. The first kappa shape index (κ1) is 14.3. The molecule has 0 aliphatic heterocycles. The van der Waals surface area contributed by atoms with Gasteiger partial charge in [-0.15, -0.1) is 0 Å². The Morgan fingerprint density at radius 3 is 2.50 bits per heavy atom. The van der Waals surface area contributed by atoms with Crippen molar-refractivity contribution in [2.24, 2.45) is 5.73 Å². The normalized spacial score (nSPS) is 10.7. The molecule has 0 unspecified atom stereocenters. The summed E-state index contributed by atoms with van der Waals surface area (Å²) < 4.78 is 5.60. The highest BCUT2D eigenvalue weighted by Crippen LogP contribution is 2.18. The highest BCUT2D eigenvalue weighted by molar-refractivity contribution is 5.54. The third-order valence-corrected chi connectivity index (χ3v) is 2.63. The molecule has 1 aromatic heterocycles. The second-order valence-corrected chi connectivity index (χ2v) is 4.86. The molecule has 1 heterocycles. The zero-order valence-electron chi connectivity index (χ0n) is 12.1. The molecular formula is C15H20N4O. The van der Waals surface area contributed by atoms with Crippen LogP contribution >= 0.6 is 0 Å². The molecule has 0 saturated carbocycles. The molecule has 0 atom stereocenters. The number of anilines is 2. The number of benzene rings is 1. The van der Waals surface area contributed by atoms with Crippen LogP contribution in [0.2, 0.25) is 0 Å². The standard InChI is InChI=1S/C15H20N4O/c1-10(2)20-14-8-11(3)17-15(19-14)18-13-6-4-12(9-16)5-7-13/h4-8,10H,9,16H2,1-3H3,(H,17,18,19). The highest BCUT2D eigenvalue weighted by atomic mass is 16.5. The maximum absolute atomic E-state index is 5.60. The largest absolute Gasteiger partial charge is 0.475 e. The van der Waals surface area contributed by atoms with Crippen molar-refractivity contribution in [3.63, 3.8) is 0 Å². The fourth-order valence-corrected chi connectivity index (χ4v) is 1.75. The van der Waals surface area contributed by atoms with Crippen LogP contribution in [0.3, 0.4) is 0 Å². The molecule has 20 heavy (non-hydrogen) atoms.